The van der Waals surface area contributed by atoms with Gasteiger partial charge in [-0.1, -0.05) is 13.0 Å². The maximum absolute atomic E-state index is 9.47. The van der Waals surface area contributed by atoms with Crippen molar-refractivity contribution in [2.24, 2.45) is 5.73 Å². The molecule has 0 saturated heterocycles. The maximum Gasteiger partial charge on any atom is 0.160 e. The number of benzene rings is 1. The van der Waals surface area contributed by atoms with Crippen LogP contribution in [0.25, 0.3) is 0 Å². The summed E-state index contributed by atoms with van der Waals surface area (Å²) in [5.74, 6) is 0.690. The van der Waals surface area contributed by atoms with Crippen molar-refractivity contribution in [3.63, 3.8) is 0 Å². The van der Waals surface area contributed by atoms with E-state index in [9.17, 15) is 5.11 Å². The SMILES string of the molecule is CCCOc1ccc(CN)cc1O. The molecule has 0 unspecified atom stereocenters. The summed E-state index contributed by atoms with van der Waals surface area (Å²) in [7, 11) is 0. The number of hydrogen-bond acceptors (Lipinski definition) is 3. The van der Waals surface area contributed by atoms with Crippen LogP contribution in [-0.4, -0.2) is 11.7 Å². The number of phenolic OH excluding ortho intramolecular Hbond substituents is 1. The monoisotopic (exact) mass is 181 g/mol. The van der Waals surface area contributed by atoms with Gasteiger partial charge in [-0.2, -0.15) is 0 Å². The van der Waals surface area contributed by atoms with E-state index in [0.29, 0.717) is 18.9 Å². The molecule has 3 N–H and O–H groups in total. The lowest BCUT2D eigenvalue weighted by atomic mass is 10.2. The number of nitrogens with two attached hydrogens (primary N) is 1. The minimum absolute atomic E-state index is 0.163. The molecule has 0 aliphatic heterocycles. The second kappa shape index (κ2) is 4.72. The first kappa shape index (κ1) is 9.86. The van der Waals surface area contributed by atoms with Gasteiger partial charge in [0.05, 0.1) is 6.61 Å². The number of aromatic hydroxyl groups is 1. The summed E-state index contributed by atoms with van der Waals surface area (Å²) in [5, 5.41) is 9.47. The molecule has 3 nitrogen and oxygen atoms in total. The molecule has 0 aliphatic carbocycles. The topological polar surface area (TPSA) is 55.5 Å². The van der Waals surface area contributed by atoms with Gasteiger partial charge in [0, 0.05) is 6.54 Å². The standard InChI is InChI=1S/C10H15NO2/c1-2-5-13-10-4-3-8(7-11)6-9(10)12/h3-4,6,12H,2,5,7,11H2,1H3. The number of phenols is 1. The van der Waals surface area contributed by atoms with E-state index in [1.165, 1.54) is 0 Å². The first-order chi connectivity index (χ1) is 6.27. The van der Waals surface area contributed by atoms with Crippen LogP contribution in [0.5, 0.6) is 11.5 Å². The molecule has 0 bridgehead atoms. The van der Waals surface area contributed by atoms with E-state index in [2.05, 4.69) is 0 Å². The second-order valence-corrected chi connectivity index (χ2v) is 2.85. The quantitative estimate of drug-likeness (QED) is 0.742. The molecule has 0 heterocycles. The zero-order valence-electron chi connectivity index (χ0n) is 7.79. The molecule has 0 aromatic heterocycles. The van der Waals surface area contributed by atoms with Crippen molar-refractivity contribution in [1.82, 2.24) is 0 Å². The van der Waals surface area contributed by atoms with Gasteiger partial charge in [-0.3, -0.25) is 0 Å². The molecule has 13 heavy (non-hydrogen) atoms. The minimum atomic E-state index is 0.163. The second-order valence-electron chi connectivity index (χ2n) is 2.85. The average Bonchev–Trinajstić information content (AvgIpc) is 2.16. The predicted molar refractivity (Wildman–Crippen MR) is 51.8 cm³/mol. The van der Waals surface area contributed by atoms with E-state index >= 15 is 0 Å². The van der Waals surface area contributed by atoms with Gasteiger partial charge < -0.3 is 15.6 Å². The fourth-order valence-electron chi connectivity index (χ4n) is 1.02. The van der Waals surface area contributed by atoms with Crippen LogP contribution >= 0.6 is 0 Å². The summed E-state index contributed by atoms with van der Waals surface area (Å²) in [6, 6.07) is 5.23. The van der Waals surface area contributed by atoms with Gasteiger partial charge in [-0.15, -0.1) is 0 Å². The minimum Gasteiger partial charge on any atom is -0.504 e. The molecule has 1 aromatic carbocycles. The van der Waals surface area contributed by atoms with Crippen molar-refractivity contribution < 1.29 is 9.84 Å². The summed E-state index contributed by atoms with van der Waals surface area (Å²) in [6.07, 6.45) is 0.929. The molecule has 72 valence electrons. The van der Waals surface area contributed by atoms with Crippen LogP contribution in [0.2, 0.25) is 0 Å². The van der Waals surface area contributed by atoms with E-state index in [1.54, 1.807) is 12.1 Å². The van der Waals surface area contributed by atoms with Gasteiger partial charge in [-0.25, -0.2) is 0 Å². The van der Waals surface area contributed by atoms with Gasteiger partial charge in [0.25, 0.3) is 0 Å². The number of ether oxygens (including phenoxy) is 1. The predicted octanol–water partition coefficient (Wildman–Crippen LogP) is 1.64. The highest BCUT2D eigenvalue weighted by Crippen LogP contribution is 2.26. The van der Waals surface area contributed by atoms with Gasteiger partial charge >= 0.3 is 0 Å². The average molecular weight is 181 g/mol. The van der Waals surface area contributed by atoms with E-state index < -0.39 is 0 Å². The van der Waals surface area contributed by atoms with Crippen molar-refractivity contribution >= 4 is 0 Å². The zero-order chi connectivity index (χ0) is 9.68. The molecule has 0 saturated carbocycles. The fourth-order valence-corrected chi connectivity index (χ4v) is 1.02. The molecule has 0 fully saturated rings. The summed E-state index contributed by atoms with van der Waals surface area (Å²) in [6.45, 7) is 3.07. The molecular weight excluding hydrogens is 166 g/mol. The first-order valence-electron chi connectivity index (χ1n) is 4.42. The van der Waals surface area contributed by atoms with Gasteiger partial charge in [-0.05, 0) is 24.1 Å². The normalized spacial score (nSPS) is 10.0. The highest BCUT2D eigenvalue weighted by Gasteiger charge is 2.01. The Morgan fingerprint density at radius 1 is 1.46 bits per heavy atom. The van der Waals surface area contributed by atoms with Crippen LogP contribution in [0.4, 0.5) is 0 Å². The van der Waals surface area contributed by atoms with E-state index in [1.807, 2.05) is 13.0 Å². The van der Waals surface area contributed by atoms with Gasteiger partial charge in [0.2, 0.25) is 0 Å². The Kier molecular flexibility index (Phi) is 3.58. The van der Waals surface area contributed by atoms with E-state index in [-0.39, 0.29) is 5.75 Å². The highest BCUT2D eigenvalue weighted by atomic mass is 16.5. The molecule has 0 spiro atoms. The maximum atomic E-state index is 9.47. The Labute approximate surface area is 78.1 Å². The Morgan fingerprint density at radius 3 is 2.77 bits per heavy atom. The van der Waals surface area contributed by atoms with E-state index in [0.717, 1.165) is 12.0 Å². The Bertz CT molecular complexity index is 274. The first-order valence-corrected chi connectivity index (χ1v) is 4.42. The third-order valence-corrected chi connectivity index (χ3v) is 1.72. The van der Waals surface area contributed by atoms with Crippen molar-refractivity contribution in [1.29, 1.82) is 0 Å². The van der Waals surface area contributed by atoms with Crippen LogP contribution in [-0.2, 0) is 6.54 Å². The molecule has 0 atom stereocenters. The van der Waals surface area contributed by atoms with Crippen LogP contribution in [0, 0.1) is 0 Å². The van der Waals surface area contributed by atoms with Crippen molar-refractivity contribution in [3.05, 3.63) is 23.8 Å². The lowest BCUT2D eigenvalue weighted by Gasteiger charge is -2.07. The molecule has 1 aromatic rings. The fraction of sp³-hybridized carbons (Fsp3) is 0.400. The highest BCUT2D eigenvalue weighted by molar-refractivity contribution is 5.41. The van der Waals surface area contributed by atoms with Crippen LogP contribution < -0.4 is 10.5 Å². The smallest absolute Gasteiger partial charge is 0.160 e. The summed E-state index contributed by atoms with van der Waals surface area (Å²) < 4.78 is 5.29. The summed E-state index contributed by atoms with van der Waals surface area (Å²) in [5.41, 5.74) is 6.32. The van der Waals surface area contributed by atoms with Crippen molar-refractivity contribution in [2.75, 3.05) is 6.61 Å². The Balaban J connectivity index is 2.73. The summed E-state index contributed by atoms with van der Waals surface area (Å²) >= 11 is 0. The molecule has 1 rings (SSSR count). The largest absolute Gasteiger partial charge is 0.504 e. The molecule has 0 amide bonds. The van der Waals surface area contributed by atoms with Gasteiger partial charge in [0.1, 0.15) is 0 Å². The van der Waals surface area contributed by atoms with E-state index in [4.69, 9.17) is 10.5 Å². The third kappa shape index (κ3) is 2.63. The summed E-state index contributed by atoms with van der Waals surface area (Å²) in [4.78, 5) is 0. The molecule has 0 aliphatic rings. The lowest BCUT2D eigenvalue weighted by molar-refractivity contribution is 0.299. The van der Waals surface area contributed by atoms with Crippen LogP contribution in [0.15, 0.2) is 18.2 Å². The number of rotatable bonds is 4. The van der Waals surface area contributed by atoms with Crippen LogP contribution in [0.3, 0.4) is 0 Å². The van der Waals surface area contributed by atoms with Gasteiger partial charge in [0.15, 0.2) is 11.5 Å². The Hall–Kier alpha value is -1.22. The molecule has 0 radical (unpaired) electrons. The number of hydrogen-bond donors (Lipinski definition) is 2. The van der Waals surface area contributed by atoms with Crippen molar-refractivity contribution in [3.8, 4) is 11.5 Å². The van der Waals surface area contributed by atoms with Crippen LogP contribution in [0.1, 0.15) is 18.9 Å². The molecular formula is C10H15NO2. The Morgan fingerprint density at radius 2 is 2.23 bits per heavy atom. The molecule has 3 heteroatoms. The lowest BCUT2D eigenvalue weighted by Crippen LogP contribution is -1.98. The third-order valence-electron chi connectivity index (χ3n) is 1.72. The zero-order valence-corrected chi connectivity index (χ0v) is 7.79. The van der Waals surface area contributed by atoms with Crippen molar-refractivity contribution in [2.45, 2.75) is 19.9 Å².